The molecule has 0 unspecified atom stereocenters. The second-order valence-electron chi connectivity index (χ2n) is 4.45. The van der Waals surface area contributed by atoms with Crippen molar-refractivity contribution in [3.05, 3.63) is 28.7 Å². The molecule has 1 aromatic rings. The first-order chi connectivity index (χ1) is 8.01. The predicted octanol–water partition coefficient (Wildman–Crippen LogP) is 0.796. The zero-order valence-corrected chi connectivity index (χ0v) is 10.5. The molecule has 0 amide bonds. The summed E-state index contributed by atoms with van der Waals surface area (Å²) in [7, 11) is -3.63. The van der Waals surface area contributed by atoms with E-state index in [-0.39, 0.29) is 4.90 Å². The molecule has 1 aliphatic rings. The Balaban J connectivity index is 2.32. The topological polar surface area (TPSA) is 70.2 Å². The summed E-state index contributed by atoms with van der Waals surface area (Å²) < 4.78 is 25.8. The molecule has 5 nitrogen and oxygen atoms in total. The summed E-state index contributed by atoms with van der Waals surface area (Å²) >= 11 is 0. The average Bonchev–Trinajstić information content (AvgIpc) is 2.30. The molecule has 0 saturated carbocycles. The maximum Gasteiger partial charge on any atom is 0.268 e. The van der Waals surface area contributed by atoms with E-state index in [1.54, 1.807) is 0 Å². The summed E-state index contributed by atoms with van der Waals surface area (Å²) in [6.45, 7) is 3.11. The maximum absolute atomic E-state index is 12.2. The fourth-order valence-electron chi connectivity index (χ4n) is 1.97. The Hall–Kier alpha value is -1.14. The number of aromatic nitrogens is 1. The van der Waals surface area contributed by atoms with E-state index in [1.165, 1.54) is 22.6 Å². The molecular weight excluding hydrogens is 240 g/mol. The second kappa shape index (κ2) is 4.62. The molecule has 1 saturated heterocycles. The number of H-pyrrole nitrogens is 1. The Kier molecular flexibility index (Phi) is 3.35. The lowest BCUT2D eigenvalue weighted by atomic mass is 10.0. The Labute approximate surface area is 101 Å². The zero-order chi connectivity index (χ0) is 12.5. The summed E-state index contributed by atoms with van der Waals surface area (Å²) in [6.07, 6.45) is 3.13. The summed E-state index contributed by atoms with van der Waals surface area (Å²) in [5.41, 5.74) is -0.550. The van der Waals surface area contributed by atoms with Gasteiger partial charge in [0.25, 0.3) is 5.56 Å². The highest BCUT2D eigenvalue weighted by atomic mass is 32.2. The Morgan fingerprint density at radius 2 is 2.00 bits per heavy atom. The fraction of sp³-hybridized carbons (Fsp3) is 0.545. The van der Waals surface area contributed by atoms with Crippen LogP contribution < -0.4 is 5.56 Å². The highest BCUT2D eigenvalue weighted by Gasteiger charge is 2.29. The highest BCUT2D eigenvalue weighted by molar-refractivity contribution is 7.89. The Morgan fingerprint density at radius 1 is 1.35 bits per heavy atom. The molecule has 0 bridgehead atoms. The molecule has 17 heavy (non-hydrogen) atoms. The van der Waals surface area contributed by atoms with Gasteiger partial charge in [0.1, 0.15) is 4.90 Å². The van der Waals surface area contributed by atoms with Crippen LogP contribution in [0.1, 0.15) is 19.8 Å². The van der Waals surface area contributed by atoms with Crippen molar-refractivity contribution in [3.8, 4) is 0 Å². The van der Waals surface area contributed by atoms with Crippen molar-refractivity contribution in [1.29, 1.82) is 0 Å². The number of hydrogen-bond acceptors (Lipinski definition) is 3. The van der Waals surface area contributed by atoms with Crippen molar-refractivity contribution in [3.63, 3.8) is 0 Å². The molecule has 1 N–H and O–H groups in total. The molecule has 0 aliphatic carbocycles. The quantitative estimate of drug-likeness (QED) is 0.850. The molecule has 1 aliphatic heterocycles. The number of aromatic amines is 1. The minimum Gasteiger partial charge on any atom is -0.328 e. The third kappa shape index (κ3) is 2.42. The fourth-order valence-corrected chi connectivity index (χ4v) is 3.49. The molecule has 0 spiro atoms. The van der Waals surface area contributed by atoms with E-state index in [9.17, 15) is 13.2 Å². The summed E-state index contributed by atoms with van der Waals surface area (Å²) in [6, 6.07) is 2.88. The van der Waals surface area contributed by atoms with Gasteiger partial charge in [-0.05, 0) is 30.9 Å². The first-order valence-electron chi connectivity index (χ1n) is 5.69. The average molecular weight is 256 g/mol. The van der Waals surface area contributed by atoms with Gasteiger partial charge in [0.15, 0.2) is 0 Å². The van der Waals surface area contributed by atoms with E-state index in [1.807, 2.05) is 0 Å². The van der Waals surface area contributed by atoms with E-state index in [2.05, 4.69) is 11.9 Å². The smallest absolute Gasteiger partial charge is 0.268 e. The third-order valence-electron chi connectivity index (χ3n) is 3.14. The standard InChI is InChI=1S/C11H16N2O3S/c1-9-4-7-13(8-5-9)17(15,16)10-3-2-6-12-11(10)14/h2-3,6,9H,4-5,7-8H2,1H3,(H,12,14). The highest BCUT2D eigenvalue weighted by Crippen LogP contribution is 2.21. The predicted molar refractivity (Wildman–Crippen MR) is 64.2 cm³/mol. The van der Waals surface area contributed by atoms with Crippen molar-refractivity contribution in [1.82, 2.24) is 9.29 Å². The monoisotopic (exact) mass is 256 g/mol. The minimum absolute atomic E-state index is 0.158. The molecule has 0 aromatic carbocycles. The number of sulfonamides is 1. The van der Waals surface area contributed by atoms with Gasteiger partial charge in [0, 0.05) is 19.3 Å². The van der Waals surface area contributed by atoms with Crippen molar-refractivity contribution >= 4 is 10.0 Å². The van der Waals surface area contributed by atoms with Gasteiger partial charge >= 0.3 is 0 Å². The number of nitrogens with zero attached hydrogens (tertiary/aromatic N) is 1. The van der Waals surface area contributed by atoms with Gasteiger partial charge in [0.05, 0.1) is 0 Å². The molecule has 0 radical (unpaired) electrons. The van der Waals surface area contributed by atoms with E-state index in [4.69, 9.17) is 0 Å². The van der Waals surface area contributed by atoms with Gasteiger partial charge in [0.2, 0.25) is 10.0 Å². The lowest BCUT2D eigenvalue weighted by Crippen LogP contribution is -2.39. The van der Waals surface area contributed by atoms with Crippen molar-refractivity contribution in [2.75, 3.05) is 13.1 Å². The van der Waals surface area contributed by atoms with Crippen LogP contribution in [0.4, 0.5) is 0 Å². The molecule has 94 valence electrons. The number of pyridine rings is 1. The van der Waals surface area contributed by atoms with Crippen LogP contribution in [-0.2, 0) is 10.0 Å². The number of piperidine rings is 1. The van der Waals surface area contributed by atoms with E-state index >= 15 is 0 Å². The molecule has 6 heteroatoms. The van der Waals surface area contributed by atoms with E-state index in [0.29, 0.717) is 19.0 Å². The van der Waals surface area contributed by atoms with Crippen LogP contribution in [0.25, 0.3) is 0 Å². The Bertz CT molecular complexity index is 542. The minimum atomic E-state index is -3.63. The molecule has 1 fully saturated rings. The summed E-state index contributed by atoms with van der Waals surface area (Å²) in [4.78, 5) is 13.7. The lowest BCUT2D eigenvalue weighted by Gasteiger charge is -2.29. The van der Waals surface area contributed by atoms with Gasteiger partial charge in [-0.2, -0.15) is 4.31 Å². The molecular formula is C11H16N2O3S. The largest absolute Gasteiger partial charge is 0.328 e. The van der Waals surface area contributed by atoms with Crippen LogP contribution >= 0.6 is 0 Å². The first kappa shape index (κ1) is 12.3. The van der Waals surface area contributed by atoms with Gasteiger partial charge in [-0.1, -0.05) is 6.92 Å². The van der Waals surface area contributed by atoms with Gasteiger partial charge in [-0.15, -0.1) is 0 Å². The van der Waals surface area contributed by atoms with Crippen LogP contribution in [0.3, 0.4) is 0 Å². The normalized spacial score (nSPS) is 19.4. The Morgan fingerprint density at radius 3 is 2.59 bits per heavy atom. The molecule has 2 rings (SSSR count). The van der Waals surface area contributed by atoms with E-state index < -0.39 is 15.6 Å². The van der Waals surface area contributed by atoms with Crippen molar-refractivity contribution < 1.29 is 8.42 Å². The van der Waals surface area contributed by atoms with E-state index in [0.717, 1.165) is 12.8 Å². The third-order valence-corrected chi connectivity index (χ3v) is 5.06. The molecule has 1 aromatic heterocycles. The van der Waals surface area contributed by atoms with Crippen molar-refractivity contribution in [2.45, 2.75) is 24.7 Å². The van der Waals surface area contributed by atoms with Crippen LogP contribution in [0.15, 0.2) is 28.0 Å². The summed E-state index contributed by atoms with van der Waals surface area (Å²) in [5, 5.41) is 0. The number of nitrogens with one attached hydrogen (secondary N) is 1. The lowest BCUT2D eigenvalue weighted by molar-refractivity contribution is 0.288. The number of hydrogen-bond donors (Lipinski definition) is 1. The zero-order valence-electron chi connectivity index (χ0n) is 9.72. The van der Waals surface area contributed by atoms with Crippen molar-refractivity contribution in [2.24, 2.45) is 5.92 Å². The maximum atomic E-state index is 12.2. The first-order valence-corrected chi connectivity index (χ1v) is 7.13. The van der Waals surface area contributed by atoms with Gasteiger partial charge < -0.3 is 4.98 Å². The van der Waals surface area contributed by atoms with Crippen LogP contribution in [0.5, 0.6) is 0 Å². The molecule has 2 heterocycles. The van der Waals surface area contributed by atoms with Crippen LogP contribution in [0, 0.1) is 5.92 Å². The second-order valence-corrected chi connectivity index (χ2v) is 6.36. The SMILES string of the molecule is CC1CCN(S(=O)(=O)c2ccc[nH]c2=O)CC1. The van der Waals surface area contributed by atoms with Gasteiger partial charge in [-0.25, -0.2) is 8.42 Å². The molecule has 0 atom stereocenters. The van der Waals surface area contributed by atoms with Crippen LogP contribution in [0.2, 0.25) is 0 Å². The van der Waals surface area contributed by atoms with Gasteiger partial charge in [-0.3, -0.25) is 4.79 Å². The number of rotatable bonds is 2. The summed E-state index contributed by atoms with van der Waals surface area (Å²) in [5.74, 6) is 0.551. The van der Waals surface area contributed by atoms with Crippen LogP contribution in [-0.4, -0.2) is 30.8 Å².